The highest BCUT2D eigenvalue weighted by molar-refractivity contribution is 8.00. The fraction of sp³-hybridized carbons (Fsp3) is 0.500. The van der Waals surface area contributed by atoms with Gasteiger partial charge in [-0.15, -0.1) is 0 Å². The largest absolute Gasteiger partial charge is 0.490 e. The summed E-state index contributed by atoms with van der Waals surface area (Å²) in [5, 5.41) is 0.470. The van der Waals surface area contributed by atoms with Crippen molar-refractivity contribution in [3.8, 4) is 5.75 Å². The molecule has 0 fully saturated rings. The van der Waals surface area contributed by atoms with Gasteiger partial charge in [0.15, 0.2) is 5.78 Å². The molecule has 1 aromatic rings. The third kappa shape index (κ3) is 4.82. The first-order valence-electron chi connectivity index (χ1n) is 5.91. The molecule has 0 heterocycles. The second-order valence-electron chi connectivity index (χ2n) is 4.45. The van der Waals surface area contributed by atoms with Crippen molar-refractivity contribution >= 4 is 17.5 Å². The van der Waals surface area contributed by atoms with Crippen LogP contribution in [0.1, 0.15) is 38.1 Å². The summed E-state index contributed by atoms with van der Waals surface area (Å²) in [6.07, 6.45) is 0.0849. The molecule has 0 unspecified atom stereocenters. The van der Waals surface area contributed by atoms with E-state index in [0.717, 1.165) is 0 Å². The molecule has 17 heavy (non-hydrogen) atoms. The van der Waals surface area contributed by atoms with Crippen LogP contribution in [0.3, 0.4) is 0 Å². The van der Waals surface area contributed by atoms with E-state index in [2.05, 4.69) is 13.8 Å². The summed E-state index contributed by atoms with van der Waals surface area (Å²) in [7, 11) is 0. The number of rotatable bonds is 6. The van der Waals surface area contributed by atoms with E-state index in [1.807, 2.05) is 38.1 Å². The SMILES string of the molecule is CC(C)Oc1ccccc1C(=O)CSC(C)C. The summed E-state index contributed by atoms with van der Waals surface area (Å²) in [5.41, 5.74) is 0.689. The second-order valence-corrected chi connectivity index (χ2v) is 6.01. The zero-order chi connectivity index (χ0) is 12.8. The average molecular weight is 252 g/mol. The smallest absolute Gasteiger partial charge is 0.176 e. The third-order valence-corrected chi connectivity index (χ3v) is 3.19. The highest BCUT2D eigenvalue weighted by atomic mass is 32.2. The van der Waals surface area contributed by atoms with Crippen molar-refractivity contribution in [1.29, 1.82) is 0 Å². The van der Waals surface area contributed by atoms with Crippen LogP contribution < -0.4 is 4.74 Å². The van der Waals surface area contributed by atoms with Gasteiger partial charge in [0.25, 0.3) is 0 Å². The number of ether oxygens (including phenoxy) is 1. The molecule has 0 spiro atoms. The maximum atomic E-state index is 12.1. The average Bonchev–Trinajstić information content (AvgIpc) is 2.25. The van der Waals surface area contributed by atoms with Gasteiger partial charge < -0.3 is 4.74 Å². The van der Waals surface area contributed by atoms with Crippen LogP contribution in [0.2, 0.25) is 0 Å². The summed E-state index contributed by atoms with van der Waals surface area (Å²) in [6.45, 7) is 8.11. The van der Waals surface area contributed by atoms with Crippen LogP contribution in [0.4, 0.5) is 0 Å². The molecule has 0 aliphatic heterocycles. The van der Waals surface area contributed by atoms with Crippen LogP contribution >= 0.6 is 11.8 Å². The first-order valence-corrected chi connectivity index (χ1v) is 6.96. The van der Waals surface area contributed by atoms with Crippen LogP contribution in [0, 0.1) is 0 Å². The Balaban J connectivity index is 2.78. The zero-order valence-corrected chi connectivity index (χ0v) is 11.7. The van der Waals surface area contributed by atoms with E-state index in [9.17, 15) is 4.79 Å². The van der Waals surface area contributed by atoms with E-state index in [0.29, 0.717) is 22.3 Å². The van der Waals surface area contributed by atoms with Crippen molar-refractivity contribution in [1.82, 2.24) is 0 Å². The molecule has 0 radical (unpaired) electrons. The fourth-order valence-corrected chi connectivity index (χ4v) is 2.01. The second kappa shape index (κ2) is 6.70. The first-order chi connectivity index (χ1) is 8.00. The summed E-state index contributed by atoms with van der Waals surface area (Å²) in [5.74, 6) is 1.34. The number of thioether (sulfide) groups is 1. The lowest BCUT2D eigenvalue weighted by molar-refractivity contribution is 0.101. The molecule has 94 valence electrons. The van der Waals surface area contributed by atoms with Crippen molar-refractivity contribution in [2.24, 2.45) is 0 Å². The Bertz CT molecular complexity index is 372. The van der Waals surface area contributed by atoms with E-state index in [1.54, 1.807) is 11.8 Å². The summed E-state index contributed by atoms with van der Waals surface area (Å²) in [4.78, 5) is 12.1. The summed E-state index contributed by atoms with van der Waals surface area (Å²) < 4.78 is 5.64. The molecule has 0 aliphatic rings. The quantitative estimate of drug-likeness (QED) is 0.720. The Morgan fingerprint density at radius 2 is 1.88 bits per heavy atom. The molecule has 0 bridgehead atoms. The Morgan fingerprint density at radius 3 is 2.47 bits per heavy atom. The van der Waals surface area contributed by atoms with Crippen LogP contribution in [0.15, 0.2) is 24.3 Å². The highest BCUT2D eigenvalue weighted by Gasteiger charge is 2.13. The van der Waals surface area contributed by atoms with Crippen molar-refractivity contribution < 1.29 is 9.53 Å². The standard InChI is InChI=1S/C14H20O2S/c1-10(2)16-14-8-6-5-7-12(14)13(15)9-17-11(3)4/h5-8,10-11H,9H2,1-4H3. The van der Waals surface area contributed by atoms with Crippen LogP contribution in [-0.2, 0) is 0 Å². The van der Waals surface area contributed by atoms with Gasteiger partial charge in [0.1, 0.15) is 5.75 Å². The number of hydrogen-bond donors (Lipinski definition) is 0. The molecule has 3 heteroatoms. The predicted octanol–water partition coefficient (Wildman–Crippen LogP) is 3.80. The van der Waals surface area contributed by atoms with Gasteiger partial charge in [0.2, 0.25) is 0 Å². The van der Waals surface area contributed by atoms with E-state index < -0.39 is 0 Å². The van der Waals surface area contributed by atoms with Gasteiger partial charge in [0, 0.05) is 0 Å². The molecule has 0 aliphatic carbocycles. The first kappa shape index (κ1) is 14.1. The molecule has 0 amide bonds. The molecule has 0 saturated carbocycles. The lowest BCUT2D eigenvalue weighted by atomic mass is 10.1. The molecule has 0 saturated heterocycles. The maximum Gasteiger partial charge on any atom is 0.176 e. The van der Waals surface area contributed by atoms with E-state index >= 15 is 0 Å². The topological polar surface area (TPSA) is 26.3 Å². The molecule has 2 nitrogen and oxygen atoms in total. The van der Waals surface area contributed by atoms with E-state index in [-0.39, 0.29) is 11.9 Å². The fourth-order valence-electron chi connectivity index (χ4n) is 1.37. The Kier molecular flexibility index (Phi) is 5.56. The minimum atomic E-state index is 0.0849. The van der Waals surface area contributed by atoms with Crippen molar-refractivity contribution in [2.45, 2.75) is 39.0 Å². The lowest BCUT2D eigenvalue weighted by Crippen LogP contribution is -2.11. The number of carbonyl (C=O) groups excluding carboxylic acids is 1. The van der Waals surface area contributed by atoms with Gasteiger partial charge in [0.05, 0.1) is 17.4 Å². The number of para-hydroxylation sites is 1. The zero-order valence-electron chi connectivity index (χ0n) is 10.9. The van der Waals surface area contributed by atoms with Crippen LogP contribution in [-0.4, -0.2) is 22.9 Å². The molecule has 0 atom stereocenters. The van der Waals surface area contributed by atoms with Crippen LogP contribution in [0.25, 0.3) is 0 Å². The molecule has 0 N–H and O–H groups in total. The van der Waals surface area contributed by atoms with Gasteiger partial charge in [-0.2, -0.15) is 11.8 Å². The van der Waals surface area contributed by atoms with E-state index in [4.69, 9.17) is 4.74 Å². The Morgan fingerprint density at radius 1 is 1.24 bits per heavy atom. The summed E-state index contributed by atoms with van der Waals surface area (Å²) >= 11 is 1.66. The third-order valence-electron chi connectivity index (χ3n) is 2.10. The number of benzene rings is 1. The monoisotopic (exact) mass is 252 g/mol. The Labute approximate surface area is 108 Å². The van der Waals surface area contributed by atoms with E-state index in [1.165, 1.54) is 0 Å². The number of Topliss-reactive ketones (excluding diaryl/α,β-unsaturated/α-hetero) is 1. The van der Waals surface area contributed by atoms with Crippen molar-refractivity contribution in [2.75, 3.05) is 5.75 Å². The van der Waals surface area contributed by atoms with Crippen molar-refractivity contribution in [3.05, 3.63) is 29.8 Å². The minimum absolute atomic E-state index is 0.0849. The molecular weight excluding hydrogens is 232 g/mol. The van der Waals surface area contributed by atoms with Crippen LogP contribution in [0.5, 0.6) is 5.75 Å². The van der Waals surface area contributed by atoms with Gasteiger partial charge in [-0.3, -0.25) is 4.79 Å². The normalized spacial score (nSPS) is 10.9. The van der Waals surface area contributed by atoms with Gasteiger partial charge >= 0.3 is 0 Å². The molecule has 1 rings (SSSR count). The van der Waals surface area contributed by atoms with Gasteiger partial charge in [-0.25, -0.2) is 0 Å². The predicted molar refractivity (Wildman–Crippen MR) is 74.1 cm³/mol. The maximum absolute atomic E-state index is 12.1. The van der Waals surface area contributed by atoms with Gasteiger partial charge in [-0.05, 0) is 31.2 Å². The molecule has 1 aromatic carbocycles. The lowest BCUT2D eigenvalue weighted by Gasteiger charge is -2.13. The van der Waals surface area contributed by atoms with Crippen molar-refractivity contribution in [3.63, 3.8) is 0 Å². The number of carbonyl (C=O) groups is 1. The number of hydrogen-bond acceptors (Lipinski definition) is 3. The van der Waals surface area contributed by atoms with Gasteiger partial charge in [-0.1, -0.05) is 26.0 Å². The highest BCUT2D eigenvalue weighted by Crippen LogP contribution is 2.22. The summed E-state index contributed by atoms with van der Waals surface area (Å²) in [6, 6.07) is 7.46. The number of ketones is 1. The minimum Gasteiger partial charge on any atom is -0.490 e. The Hall–Kier alpha value is -0.960. The molecular formula is C14H20O2S. The molecule has 0 aromatic heterocycles.